The van der Waals surface area contributed by atoms with Crippen LogP contribution in [0, 0.1) is 0 Å². The number of carboxylic acids is 1. The lowest BCUT2D eigenvalue weighted by atomic mass is 10.1. The minimum atomic E-state index is -0.924. The summed E-state index contributed by atoms with van der Waals surface area (Å²) in [6.07, 6.45) is 3.29. The Bertz CT molecular complexity index is 334. The van der Waals surface area contributed by atoms with Crippen LogP contribution in [-0.2, 0) is 4.79 Å². The second-order valence-corrected chi connectivity index (χ2v) is 3.14. The van der Waals surface area contributed by atoms with Gasteiger partial charge in [0.05, 0.1) is 18.9 Å². The van der Waals surface area contributed by atoms with E-state index in [4.69, 9.17) is 5.11 Å². The van der Waals surface area contributed by atoms with Crippen LogP contribution < -0.4 is 5.32 Å². The number of rotatable bonds is 5. The van der Waals surface area contributed by atoms with Gasteiger partial charge in [0.15, 0.2) is 0 Å². The smallest absolute Gasteiger partial charge is 0.305 e. The Morgan fingerprint density at radius 1 is 1.67 bits per heavy atom. The van der Waals surface area contributed by atoms with Gasteiger partial charge in [-0.05, 0) is 6.42 Å². The largest absolute Gasteiger partial charge is 0.481 e. The van der Waals surface area contributed by atoms with E-state index < -0.39 is 5.97 Å². The molecule has 0 fully saturated rings. The normalized spacial score (nSPS) is 12.1. The molecule has 1 atom stereocenters. The highest BCUT2D eigenvalue weighted by molar-refractivity contribution is 5.92. The Kier molecular flexibility index (Phi) is 3.84. The fourth-order valence-corrected chi connectivity index (χ4v) is 1.15. The molecule has 1 aromatic heterocycles. The first-order valence-corrected chi connectivity index (χ1v) is 4.64. The van der Waals surface area contributed by atoms with Crippen molar-refractivity contribution in [2.24, 2.45) is 0 Å². The number of carbonyl (C=O) groups is 2. The lowest BCUT2D eigenvalue weighted by molar-refractivity contribution is -0.137. The zero-order valence-electron chi connectivity index (χ0n) is 8.36. The molecule has 6 nitrogen and oxygen atoms in total. The number of imidazole rings is 1. The van der Waals surface area contributed by atoms with E-state index in [0.29, 0.717) is 12.1 Å². The van der Waals surface area contributed by atoms with Crippen molar-refractivity contribution in [3.05, 3.63) is 18.2 Å². The van der Waals surface area contributed by atoms with Crippen molar-refractivity contribution in [1.82, 2.24) is 15.3 Å². The van der Waals surface area contributed by atoms with Crippen molar-refractivity contribution in [3.63, 3.8) is 0 Å². The molecule has 1 amide bonds. The van der Waals surface area contributed by atoms with Crippen molar-refractivity contribution in [2.45, 2.75) is 25.8 Å². The topological polar surface area (TPSA) is 95.1 Å². The van der Waals surface area contributed by atoms with E-state index >= 15 is 0 Å². The lowest BCUT2D eigenvalue weighted by Gasteiger charge is -2.13. The van der Waals surface area contributed by atoms with Gasteiger partial charge in [0.1, 0.15) is 5.69 Å². The van der Waals surface area contributed by atoms with Crippen LogP contribution >= 0.6 is 0 Å². The molecular formula is C9H13N3O3. The Morgan fingerprint density at radius 2 is 2.40 bits per heavy atom. The van der Waals surface area contributed by atoms with Gasteiger partial charge < -0.3 is 15.4 Å². The van der Waals surface area contributed by atoms with Gasteiger partial charge in [0.2, 0.25) is 0 Å². The van der Waals surface area contributed by atoms with Gasteiger partial charge in [0.25, 0.3) is 5.91 Å². The van der Waals surface area contributed by atoms with Crippen molar-refractivity contribution < 1.29 is 14.7 Å². The summed E-state index contributed by atoms with van der Waals surface area (Å²) in [4.78, 5) is 28.3. The summed E-state index contributed by atoms with van der Waals surface area (Å²) in [7, 11) is 0. The van der Waals surface area contributed by atoms with Gasteiger partial charge in [-0.25, -0.2) is 4.98 Å². The van der Waals surface area contributed by atoms with Crippen molar-refractivity contribution in [3.8, 4) is 0 Å². The number of hydrogen-bond donors (Lipinski definition) is 3. The summed E-state index contributed by atoms with van der Waals surface area (Å²) in [5.74, 6) is -1.26. The monoisotopic (exact) mass is 211 g/mol. The maximum atomic E-state index is 11.5. The molecule has 0 radical (unpaired) electrons. The van der Waals surface area contributed by atoms with E-state index in [-0.39, 0.29) is 18.4 Å². The number of aromatic amines is 1. The van der Waals surface area contributed by atoms with Gasteiger partial charge in [-0.3, -0.25) is 9.59 Å². The van der Waals surface area contributed by atoms with Crippen LogP contribution in [0.1, 0.15) is 30.3 Å². The second-order valence-electron chi connectivity index (χ2n) is 3.14. The van der Waals surface area contributed by atoms with Crippen LogP contribution in [0.2, 0.25) is 0 Å². The van der Waals surface area contributed by atoms with Crippen LogP contribution in [0.25, 0.3) is 0 Å². The number of nitrogens with one attached hydrogen (secondary N) is 2. The summed E-state index contributed by atoms with van der Waals surface area (Å²) in [6, 6.07) is -0.349. The molecule has 1 unspecified atom stereocenters. The third-order valence-corrected chi connectivity index (χ3v) is 1.99. The summed E-state index contributed by atoms with van der Waals surface area (Å²) in [5, 5.41) is 11.2. The molecule has 0 aliphatic carbocycles. The first-order valence-electron chi connectivity index (χ1n) is 4.64. The molecule has 0 aliphatic heterocycles. The molecule has 0 spiro atoms. The van der Waals surface area contributed by atoms with Crippen LogP contribution in [0.3, 0.4) is 0 Å². The van der Waals surface area contributed by atoms with E-state index in [1.165, 1.54) is 12.5 Å². The average Bonchev–Trinajstić information content (AvgIpc) is 2.68. The predicted octanol–water partition coefficient (Wildman–Crippen LogP) is 0.393. The summed E-state index contributed by atoms with van der Waals surface area (Å²) < 4.78 is 0. The number of aliphatic carboxylic acids is 1. The SMILES string of the molecule is CCC(CC(=O)O)NC(=O)c1cnc[nH]1. The molecule has 0 aliphatic rings. The zero-order chi connectivity index (χ0) is 11.3. The highest BCUT2D eigenvalue weighted by atomic mass is 16.4. The van der Waals surface area contributed by atoms with Gasteiger partial charge in [-0.1, -0.05) is 6.92 Å². The van der Waals surface area contributed by atoms with E-state index in [1.54, 1.807) is 0 Å². The quantitative estimate of drug-likeness (QED) is 0.656. The Hall–Kier alpha value is -1.85. The van der Waals surface area contributed by atoms with Gasteiger partial charge >= 0.3 is 5.97 Å². The van der Waals surface area contributed by atoms with Crippen molar-refractivity contribution in [1.29, 1.82) is 0 Å². The van der Waals surface area contributed by atoms with Crippen LogP contribution in [0.15, 0.2) is 12.5 Å². The number of hydrogen-bond acceptors (Lipinski definition) is 3. The number of carbonyl (C=O) groups excluding carboxylic acids is 1. The lowest BCUT2D eigenvalue weighted by Crippen LogP contribution is -2.36. The first kappa shape index (κ1) is 11.2. The molecule has 0 saturated carbocycles. The number of amides is 1. The van der Waals surface area contributed by atoms with Crippen molar-refractivity contribution >= 4 is 11.9 Å². The molecule has 3 N–H and O–H groups in total. The Morgan fingerprint density at radius 3 is 2.87 bits per heavy atom. The number of aromatic nitrogens is 2. The highest BCUT2D eigenvalue weighted by Gasteiger charge is 2.15. The summed E-state index contributed by atoms with van der Waals surface area (Å²) >= 11 is 0. The van der Waals surface area contributed by atoms with Crippen LogP contribution in [-0.4, -0.2) is 33.0 Å². The van der Waals surface area contributed by atoms with Crippen LogP contribution in [0.5, 0.6) is 0 Å². The highest BCUT2D eigenvalue weighted by Crippen LogP contribution is 2.00. The standard InChI is InChI=1S/C9H13N3O3/c1-2-6(3-8(13)14)12-9(15)7-4-10-5-11-7/h4-6H,2-3H2,1H3,(H,10,11)(H,12,15)(H,13,14). The average molecular weight is 211 g/mol. The third-order valence-electron chi connectivity index (χ3n) is 1.99. The number of H-pyrrole nitrogens is 1. The maximum absolute atomic E-state index is 11.5. The summed E-state index contributed by atoms with van der Waals surface area (Å²) in [5.41, 5.74) is 0.332. The molecule has 6 heteroatoms. The minimum Gasteiger partial charge on any atom is -0.481 e. The maximum Gasteiger partial charge on any atom is 0.305 e. The zero-order valence-corrected chi connectivity index (χ0v) is 8.36. The molecule has 0 saturated heterocycles. The van der Waals surface area contributed by atoms with E-state index in [2.05, 4.69) is 15.3 Å². The Balaban J connectivity index is 2.52. The van der Waals surface area contributed by atoms with Crippen LogP contribution in [0.4, 0.5) is 0 Å². The number of nitrogens with zero attached hydrogens (tertiary/aromatic N) is 1. The molecule has 1 rings (SSSR count). The molecule has 82 valence electrons. The molecular weight excluding hydrogens is 198 g/mol. The molecule has 1 heterocycles. The fraction of sp³-hybridized carbons (Fsp3) is 0.444. The molecule has 1 aromatic rings. The second kappa shape index (κ2) is 5.14. The summed E-state index contributed by atoms with van der Waals surface area (Å²) in [6.45, 7) is 1.82. The molecule has 15 heavy (non-hydrogen) atoms. The van der Waals surface area contributed by atoms with E-state index in [0.717, 1.165) is 0 Å². The fourth-order valence-electron chi connectivity index (χ4n) is 1.15. The van der Waals surface area contributed by atoms with Gasteiger partial charge in [-0.15, -0.1) is 0 Å². The van der Waals surface area contributed by atoms with Gasteiger partial charge in [0, 0.05) is 6.04 Å². The van der Waals surface area contributed by atoms with Crippen molar-refractivity contribution in [2.75, 3.05) is 0 Å². The minimum absolute atomic E-state index is 0.0730. The third kappa shape index (κ3) is 3.41. The number of carboxylic acid groups (broad SMARTS) is 1. The van der Waals surface area contributed by atoms with E-state index in [1.807, 2.05) is 6.92 Å². The Labute approximate surface area is 86.7 Å². The predicted molar refractivity (Wildman–Crippen MR) is 52.4 cm³/mol. The van der Waals surface area contributed by atoms with Gasteiger partial charge in [-0.2, -0.15) is 0 Å². The van der Waals surface area contributed by atoms with E-state index in [9.17, 15) is 9.59 Å². The first-order chi connectivity index (χ1) is 7.13. The molecule has 0 aromatic carbocycles. The molecule has 0 bridgehead atoms.